The molecule has 1 aliphatic rings. The van der Waals surface area contributed by atoms with Crippen molar-refractivity contribution in [3.8, 4) is 0 Å². The van der Waals surface area contributed by atoms with E-state index in [4.69, 9.17) is 9.72 Å². The Labute approximate surface area is 212 Å². The number of halogens is 1. The van der Waals surface area contributed by atoms with E-state index in [1.54, 1.807) is 23.1 Å². The molecule has 172 valence electrons. The van der Waals surface area contributed by atoms with Crippen molar-refractivity contribution >= 4 is 78.2 Å². The van der Waals surface area contributed by atoms with Gasteiger partial charge in [0.1, 0.15) is 4.83 Å². The first-order chi connectivity index (χ1) is 15.9. The minimum atomic E-state index is -0.182. The van der Waals surface area contributed by atoms with Gasteiger partial charge in [-0.25, -0.2) is 9.38 Å². The van der Waals surface area contributed by atoms with E-state index in [1.807, 2.05) is 34.9 Å². The second-order valence-electron chi connectivity index (χ2n) is 8.04. The number of anilines is 1. The van der Waals surface area contributed by atoms with Crippen LogP contribution in [0.2, 0.25) is 0 Å². The number of benzene rings is 1. The highest BCUT2D eigenvalue weighted by atomic mass is 79.9. The number of thioether (sulfide) groups is 2. The molecule has 0 unspecified atom stereocenters. The SMILES string of the molecule is CC[C@]1(C)Cc2c(sc3nc(SC)n4c(SCC(=O)Nc5ccc(Br)cc5)nnc4c23)CO1. The highest BCUT2D eigenvalue weighted by Crippen LogP contribution is 2.42. The number of fused-ring (bicyclic) bond motifs is 5. The predicted octanol–water partition coefficient (Wildman–Crippen LogP) is 5.80. The second-order valence-corrected chi connectivity index (χ2v) is 11.8. The van der Waals surface area contributed by atoms with Crippen molar-refractivity contribution in [1.29, 1.82) is 0 Å². The monoisotopic (exact) mass is 563 g/mol. The lowest BCUT2D eigenvalue weighted by Crippen LogP contribution is -2.33. The number of carbonyl (C=O) groups is 1. The summed E-state index contributed by atoms with van der Waals surface area (Å²) in [6.07, 6.45) is 3.77. The molecule has 0 radical (unpaired) electrons. The number of carbonyl (C=O) groups excluding carboxylic acids is 1. The zero-order valence-electron chi connectivity index (χ0n) is 18.3. The molecule has 0 aliphatic carbocycles. The Bertz CT molecular complexity index is 1350. The molecule has 4 aromatic rings. The molecule has 0 spiro atoms. The van der Waals surface area contributed by atoms with Crippen LogP contribution < -0.4 is 5.32 Å². The van der Waals surface area contributed by atoms with Crippen LogP contribution in [0.1, 0.15) is 30.7 Å². The first-order valence-corrected chi connectivity index (χ1v) is 14.3. The molecule has 0 bridgehead atoms. The Balaban J connectivity index is 1.47. The third kappa shape index (κ3) is 4.41. The van der Waals surface area contributed by atoms with Crippen molar-refractivity contribution in [3.63, 3.8) is 0 Å². The molecule has 1 aromatic carbocycles. The third-order valence-electron chi connectivity index (χ3n) is 5.81. The first kappa shape index (κ1) is 23.1. The molecule has 1 atom stereocenters. The summed E-state index contributed by atoms with van der Waals surface area (Å²) in [6, 6.07) is 7.51. The Hall–Kier alpha value is -1.66. The Morgan fingerprint density at radius 3 is 2.82 bits per heavy atom. The summed E-state index contributed by atoms with van der Waals surface area (Å²) >= 11 is 8.00. The van der Waals surface area contributed by atoms with Crippen LogP contribution in [0.25, 0.3) is 15.9 Å². The molecule has 3 aromatic heterocycles. The van der Waals surface area contributed by atoms with Gasteiger partial charge < -0.3 is 10.1 Å². The average molecular weight is 565 g/mol. The number of aromatic nitrogens is 4. The van der Waals surface area contributed by atoms with Crippen molar-refractivity contribution < 1.29 is 9.53 Å². The van der Waals surface area contributed by atoms with E-state index >= 15 is 0 Å². The largest absolute Gasteiger partial charge is 0.369 e. The summed E-state index contributed by atoms with van der Waals surface area (Å²) in [5, 5.41) is 14.5. The van der Waals surface area contributed by atoms with Crippen LogP contribution in [0.3, 0.4) is 0 Å². The zero-order valence-corrected chi connectivity index (χ0v) is 22.4. The van der Waals surface area contributed by atoms with Gasteiger partial charge in [-0.1, -0.05) is 46.4 Å². The van der Waals surface area contributed by atoms with Crippen molar-refractivity contribution in [1.82, 2.24) is 19.6 Å². The van der Waals surface area contributed by atoms with Crippen molar-refractivity contribution in [2.45, 2.75) is 49.2 Å². The van der Waals surface area contributed by atoms with Gasteiger partial charge in [-0.05, 0) is 49.4 Å². The van der Waals surface area contributed by atoms with Crippen molar-refractivity contribution in [2.24, 2.45) is 0 Å². The van der Waals surface area contributed by atoms with E-state index in [1.165, 1.54) is 22.2 Å². The van der Waals surface area contributed by atoms with Crippen LogP contribution in [-0.2, 0) is 22.6 Å². The molecule has 0 fully saturated rings. The summed E-state index contributed by atoms with van der Waals surface area (Å²) in [6.45, 7) is 4.92. The van der Waals surface area contributed by atoms with Gasteiger partial charge in [-0.15, -0.1) is 21.5 Å². The molecule has 1 amide bonds. The summed E-state index contributed by atoms with van der Waals surface area (Å²) in [7, 11) is 0. The number of hydrogen-bond donors (Lipinski definition) is 1. The lowest BCUT2D eigenvalue weighted by molar-refractivity contribution is -0.113. The molecule has 1 N–H and O–H groups in total. The number of thiophene rings is 1. The van der Waals surface area contributed by atoms with E-state index in [9.17, 15) is 4.79 Å². The maximum atomic E-state index is 12.5. The number of amides is 1. The molecule has 7 nitrogen and oxygen atoms in total. The maximum absolute atomic E-state index is 12.5. The van der Waals surface area contributed by atoms with Crippen molar-refractivity contribution in [2.75, 3.05) is 17.3 Å². The number of nitrogens with zero attached hydrogens (tertiary/aromatic N) is 4. The smallest absolute Gasteiger partial charge is 0.234 e. The maximum Gasteiger partial charge on any atom is 0.234 e. The van der Waals surface area contributed by atoms with Gasteiger partial charge in [0.2, 0.25) is 5.91 Å². The fourth-order valence-corrected chi connectivity index (χ4v) is 6.58. The number of ether oxygens (including phenoxy) is 1. The zero-order chi connectivity index (χ0) is 23.2. The molecular weight excluding hydrogens is 542 g/mol. The summed E-state index contributed by atoms with van der Waals surface area (Å²) in [4.78, 5) is 19.6. The van der Waals surface area contributed by atoms with E-state index in [0.29, 0.717) is 11.8 Å². The highest BCUT2D eigenvalue weighted by molar-refractivity contribution is 9.10. The highest BCUT2D eigenvalue weighted by Gasteiger charge is 2.33. The topological polar surface area (TPSA) is 81.4 Å². The summed E-state index contributed by atoms with van der Waals surface area (Å²) in [5.41, 5.74) is 2.65. The van der Waals surface area contributed by atoms with Gasteiger partial charge in [-0.2, -0.15) is 0 Å². The van der Waals surface area contributed by atoms with Crippen LogP contribution in [0.15, 0.2) is 39.1 Å². The standard InChI is InChI=1S/C22H22BrN5O2S3/c1-4-22(2)9-14-15(10-30-22)33-19-17(14)18-26-27-21(28(18)20(25-19)31-3)32-11-16(29)24-13-7-5-12(23)6-8-13/h5-8H,4,9-11H2,1-3H3,(H,24,29)/t22-/m1/s1. The molecular formula is C22H22BrN5O2S3. The third-order valence-corrected chi connectivity index (χ3v) is 9.01. The number of rotatable bonds is 6. The van der Waals surface area contributed by atoms with Crippen LogP contribution >= 0.6 is 50.8 Å². The average Bonchev–Trinajstić information content (AvgIpc) is 3.39. The van der Waals surface area contributed by atoms with Gasteiger partial charge >= 0.3 is 0 Å². The van der Waals surface area contributed by atoms with Crippen LogP contribution in [0.4, 0.5) is 5.69 Å². The first-order valence-electron chi connectivity index (χ1n) is 10.5. The lowest BCUT2D eigenvalue weighted by Gasteiger charge is -2.32. The van der Waals surface area contributed by atoms with Crippen LogP contribution in [-0.4, -0.2) is 43.1 Å². The van der Waals surface area contributed by atoms with E-state index in [-0.39, 0.29) is 17.3 Å². The van der Waals surface area contributed by atoms with Gasteiger partial charge in [0, 0.05) is 21.5 Å². The molecule has 1 aliphatic heterocycles. The summed E-state index contributed by atoms with van der Waals surface area (Å²) < 4.78 is 9.10. The number of nitrogens with one attached hydrogen (secondary N) is 1. The summed E-state index contributed by atoms with van der Waals surface area (Å²) in [5.74, 6) is 0.134. The van der Waals surface area contributed by atoms with Gasteiger partial charge in [0.25, 0.3) is 0 Å². The van der Waals surface area contributed by atoms with Gasteiger partial charge in [0.15, 0.2) is 16.0 Å². The molecule has 5 rings (SSSR count). The van der Waals surface area contributed by atoms with Crippen LogP contribution in [0, 0.1) is 0 Å². The molecule has 4 heterocycles. The molecule has 33 heavy (non-hydrogen) atoms. The Kier molecular flexibility index (Phi) is 6.43. The normalized spacial score (nSPS) is 18.1. The van der Waals surface area contributed by atoms with Gasteiger partial charge in [0.05, 0.1) is 23.3 Å². The second kappa shape index (κ2) is 9.18. The van der Waals surface area contributed by atoms with Crippen LogP contribution in [0.5, 0.6) is 0 Å². The molecule has 11 heteroatoms. The van der Waals surface area contributed by atoms with Gasteiger partial charge in [-0.3, -0.25) is 4.79 Å². The fourth-order valence-electron chi connectivity index (χ4n) is 3.83. The fraction of sp³-hybridized carbons (Fsp3) is 0.364. The van der Waals surface area contributed by atoms with E-state index < -0.39 is 0 Å². The Morgan fingerprint density at radius 2 is 2.09 bits per heavy atom. The lowest BCUT2D eigenvalue weighted by atomic mass is 9.90. The Morgan fingerprint density at radius 1 is 1.30 bits per heavy atom. The quantitative estimate of drug-likeness (QED) is 0.234. The van der Waals surface area contributed by atoms with Crippen molar-refractivity contribution in [3.05, 3.63) is 39.2 Å². The molecule has 0 saturated carbocycles. The minimum absolute atomic E-state index is 0.0948. The minimum Gasteiger partial charge on any atom is -0.369 e. The van der Waals surface area contributed by atoms with E-state index in [2.05, 4.69) is 45.3 Å². The predicted molar refractivity (Wildman–Crippen MR) is 139 cm³/mol. The van der Waals surface area contributed by atoms with E-state index in [0.717, 1.165) is 44.0 Å². The molecule has 0 saturated heterocycles. The number of hydrogen-bond acceptors (Lipinski definition) is 8.